The molecule has 2 aliphatic rings. The van der Waals surface area contributed by atoms with Crippen molar-refractivity contribution in [3.63, 3.8) is 0 Å². The number of hydrogen-bond acceptors (Lipinski definition) is 3. The molecule has 4 nitrogen and oxygen atoms in total. The van der Waals surface area contributed by atoms with Crippen LogP contribution in [0.15, 0.2) is 60.7 Å². The monoisotopic (exact) mass is 350 g/mol. The van der Waals surface area contributed by atoms with Gasteiger partial charge in [-0.2, -0.15) is 0 Å². The van der Waals surface area contributed by atoms with Gasteiger partial charge in [-0.1, -0.05) is 48.5 Å². The van der Waals surface area contributed by atoms with E-state index in [0.717, 1.165) is 44.6 Å². The van der Waals surface area contributed by atoms with E-state index in [0.29, 0.717) is 6.54 Å². The van der Waals surface area contributed by atoms with Crippen molar-refractivity contribution >= 4 is 11.6 Å². The summed E-state index contributed by atoms with van der Waals surface area (Å²) in [5, 5.41) is 0. The third kappa shape index (κ3) is 3.81. The standard InChI is InChI=1S/C22H26N2O2/c25-21-17-26-22(18-24(21)20-9-5-2-6-10-20)12-15-23(16-13-22)14-11-19-7-3-1-4-8-19/h1-10H,11-18H2. The first-order chi connectivity index (χ1) is 12.7. The fraction of sp³-hybridized carbons (Fsp3) is 0.409. The van der Waals surface area contributed by atoms with Crippen LogP contribution in [-0.4, -0.2) is 49.2 Å². The summed E-state index contributed by atoms with van der Waals surface area (Å²) in [4.78, 5) is 16.8. The summed E-state index contributed by atoms with van der Waals surface area (Å²) in [6.07, 6.45) is 3.06. The van der Waals surface area contributed by atoms with Gasteiger partial charge in [-0.25, -0.2) is 0 Å². The third-order valence-corrected chi connectivity index (χ3v) is 5.64. The van der Waals surface area contributed by atoms with E-state index in [1.807, 2.05) is 35.2 Å². The van der Waals surface area contributed by atoms with Gasteiger partial charge in [0, 0.05) is 25.3 Å². The molecule has 2 saturated heterocycles. The van der Waals surface area contributed by atoms with Crippen molar-refractivity contribution in [2.24, 2.45) is 0 Å². The van der Waals surface area contributed by atoms with Crippen LogP contribution >= 0.6 is 0 Å². The molecule has 2 aromatic rings. The molecule has 1 amide bonds. The highest BCUT2D eigenvalue weighted by atomic mass is 16.5. The molecule has 0 radical (unpaired) electrons. The lowest BCUT2D eigenvalue weighted by atomic mass is 9.89. The molecule has 0 atom stereocenters. The summed E-state index contributed by atoms with van der Waals surface area (Å²) in [6.45, 7) is 4.01. The second kappa shape index (κ2) is 7.60. The minimum absolute atomic E-state index is 0.0633. The summed E-state index contributed by atoms with van der Waals surface area (Å²) in [7, 11) is 0. The van der Waals surface area contributed by atoms with E-state index in [1.54, 1.807) is 0 Å². The molecule has 0 aliphatic carbocycles. The first-order valence-electron chi connectivity index (χ1n) is 9.50. The average molecular weight is 350 g/mol. The van der Waals surface area contributed by atoms with Crippen LogP contribution in [0.1, 0.15) is 18.4 Å². The first-order valence-corrected chi connectivity index (χ1v) is 9.50. The number of nitrogens with zero attached hydrogens (tertiary/aromatic N) is 2. The number of morpholine rings is 1. The number of likely N-dealkylation sites (tertiary alicyclic amines) is 1. The fourth-order valence-corrected chi connectivity index (χ4v) is 3.98. The second-order valence-electron chi connectivity index (χ2n) is 7.36. The molecule has 0 aromatic heterocycles. The van der Waals surface area contributed by atoms with E-state index in [4.69, 9.17) is 4.74 Å². The molecule has 2 aliphatic heterocycles. The topological polar surface area (TPSA) is 32.8 Å². The molecule has 2 aromatic carbocycles. The predicted octanol–water partition coefficient (Wildman–Crippen LogP) is 3.13. The Morgan fingerprint density at radius 2 is 1.58 bits per heavy atom. The van der Waals surface area contributed by atoms with Gasteiger partial charge in [-0.15, -0.1) is 0 Å². The summed E-state index contributed by atoms with van der Waals surface area (Å²) in [5.74, 6) is 0.0633. The van der Waals surface area contributed by atoms with Gasteiger partial charge in [0.25, 0.3) is 5.91 Å². The Bertz CT molecular complexity index is 724. The number of carbonyl (C=O) groups is 1. The molecule has 2 fully saturated rings. The molecule has 0 N–H and O–H groups in total. The second-order valence-corrected chi connectivity index (χ2v) is 7.36. The minimum atomic E-state index is -0.188. The van der Waals surface area contributed by atoms with Gasteiger partial charge in [0.15, 0.2) is 0 Å². The number of hydrogen-bond donors (Lipinski definition) is 0. The van der Waals surface area contributed by atoms with Crippen molar-refractivity contribution in [2.75, 3.05) is 37.7 Å². The van der Waals surface area contributed by atoms with E-state index in [2.05, 4.69) is 35.2 Å². The smallest absolute Gasteiger partial charge is 0.253 e. The number of amides is 1. The Kier molecular flexibility index (Phi) is 5.05. The summed E-state index contributed by atoms with van der Waals surface area (Å²) >= 11 is 0. The summed E-state index contributed by atoms with van der Waals surface area (Å²) in [6, 6.07) is 20.6. The molecule has 26 heavy (non-hydrogen) atoms. The molecule has 2 heterocycles. The number of carbonyl (C=O) groups excluding carboxylic acids is 1. The Balaban J connectivity index is 1.35. The maximum Gasteiger partial charge on any atom is 0.253 e. The SMILES string of the molecule is O=C1COC2(CCN(CCc3ccccc3)CC2)CN1c1ccccc1. The van der Waals surface area contributed by atoms with Crippen LogP contribution in [0.25, 0.3) is 0 Å². The molecule has 0 unspecified atom stereocenters. The van der Waals surface area contributed by atoms with Crippen LogP contribution in [0.3, 0.4) is 0 Å². The Labute approximate surface area is 155 Å². The molecular weight excluding hydrogens is 324 g/mol. The Hall–Kier alpha value is -2.17. The van der Waals surface area contributed by atoms with Crippen molar-refractivity contribution < 1.29 is 9.53 Å². The lowest BCUT2D eigenvalue weighted by Gasteiger charge is -2.47. The van der Waals surface area contributed by atoms with Crippen molar-refractivity contribution in [1.82, 2.24) is 4.90 Å². The highest BCUT2D eigenvalue weighted by molar-refractivity contribution is 5.95. The number of benzene rings is 2. The largest absolute Gasteiger partial charge is 0.363 e. The molecular formula is C22H26N2O2. The number of rotatable bonds is 4. The number of anilines is 1. The minimum Gasteiger partial charge on any atom is -0.363 e. The Morgan fingerprint density at radius 3 is 2.27 bits per heavy atom. The first kappa shape index (κ1) is 17.3. The Morgan fingerprint density at radius 1 is 0.923 bits per heavy atom. The highest BCUT2D eigenvalue weighted by Crippen LogP contribution is 2.32. The summed E-state index contributed by atoms with van der Waals surface area (Å²) < 4.78 is 6.06. The zero-order valence-corrected chi connectivity index (χ0v) is 15.1. The number of piperidine rings is 1. The van der Waals surface area contributed by atoms with Crippen molar-refractivity contribution in [3.8, 4) is 0 Å². The van der Waals surface area contributed by atoms with Crippen LogP contribution in [0.4, 0.5) is 5.69 Å². The number of ether oxygens (including phenoxy) is 1. The quantitative estimate of drug-likeness (QED) is 0.849. The van der Waals surface area contributed by atoms with Gasteiger partial charge in [0.2, 0.25) is 0 Å². The van der Waals surface area contributed by atoms with Gasteiger partial charge < -0.3 is 14.5 Å². The average Bonchev–Trinajstić information content (AvgIpc) is 2.71. The maximum atomic E-state index is 12.3. The lowest BCUT2D eigenvalue weighted by molar-refractivity contribution is -0.144. The van der Waals surface area contributed by atoms with E-state index in [-0.39, 0.29) is 18.1 Å². The van der Waals surface area contributed by atoms with E-state index < -0.39 is 0 Å². The van der Waals surface area contributed by atoms with Crippen LogP contribution in [0.5, 0.6) is 0 Å². The van der Waals surface area contributed by atoms with Crippen molar-refractivity contribution in [2.45, 2.75) is 24.9 Å². The molecule has 136 valence electrons. The van der Waals surface area contributed by atoms with Crippen molar-refractivity contribution in [3.05, 3.63) is 66.2 Å². The lowest BCUT2D eigenvalue weighted by Crippen LogP contribution is -2.59. The van der Waals surface area contributed by atoms with E-state index in [1.165, 1.54) is 5.56 Å². The van der Waals surface area contributed by atoms with Gasteiger partial charge in [0.1, 0.15) is 6.61 Å². The van der Waals surface area contributed by atoms with Gasteiger partial charge >= 0.3 is 0 Å². The zero-order valence-electron chi connectivity index (χ0n) is 15.1. The summed E-state index contributed by atoms with van der Waals surface area (Å²) in [5.41, 5.74) is 2.18. The van der Waals surface area contributed by atoms with Crippen LogP contribution in [-0.2, 0) is 16.0 Å². The molecule has 0 bridgehead atoms. The van der Waals surface area contributed by atoms with Gasteiger partial charge in [-0.3, -0.25) is 4.79 Å². The van der Waals surface area contributed by atoms with E-state index >= 15 is 0 Å². The zero-order chi connectivity index (χ0) is 17.8. The molecule has 4 heteroatoms. The van der Waals surface area contributed by atoms with Gasteiger partial charge in [-0.05, 0) is 37.0 Å². The maximum absolute atomic E-state index is 12.3. The third-order valence-electron chi connectivity index (χ3n) is 5.64. The molecule has 4 rings (SSSR count). The van der Waals surface area contributed by atoms with Crippen LogP contribution in [0, 0.1) is 0 Å². The highest BCUT2D eigenvalue weighted by Gasteiger charge is 2.42. The number of para-hydroxylation sites is 1. The molecule has 0 saturated carbocycles. The molecule has 1 spiro atoms. The van der Waals surface area contributed by atoms with Crippen molar-refractivity contribution in [1.29, 1.82) is 0 Å². The fourth-order valence-electron chi connectivity index (χ4n) is 3.98. The predicted molar refractivity (Wildman–Crippen MR) is 103 cm³/mol. The van der Waals surface area contributed by atoms with Gasteiger partial charge in [0.05, 0.1) is 12.1 Å². The van der Waals surface area contributed by atoms with Crippen LogP contribution < -0.4 is 4.90 Å². The van der Waals surface area contributed by atoms with Crippen LogP contribution in [0.2, 0.25) is 0 Å². The normalized spacial score (nSPS) is 20.5. The van der Waals surface area contributed by atoms with E-state index in [9.17, 15) is 4.79 Å².